The number of nitrogens with two attached hydrogens (primary N) is 1. The highest BCUT2D eigenvalue weighted by atomic mass is 16.2. The molecule has 0 unspecified atom stereocenters. The van der Waals surface area contributed by atoms with E-state index in [1.165, 1.54) is 25.5 Å². The maximum Gasteiger partial charge on any atom is 0.274 e. The number of anilines is 2. The molecule has 0 spiro atoms. The molecule has 0 atom stereocenters. The van der Waals surface area contributed by atoms with Crippen LogP contribution in [0, 0.1) is 0 Å². The fourth-order valence-electron chi connectivity index (χ4n) is 3.33. The Balaban J connectivity index is 1.59. The molecule has 0 bridgehead atoms. The lowest BCUT2D eigenvalue weighted by Crippen LogP contribution is -2.35. The molecular formula is C21H26N4O2. The number of carbonyl (C=O) groups excluding carboxylic acids is 2. The van der Waals surface area contributed by atoms with Gasteiger partial charge in [0, 0.05) is 12.2 Å². The van der Waals surface area contributed by atoms with E-state index in [0.717, 1.165) is 25.7 Å². The zero-order chi connectivity index (χ0) is 19.1. The number of benzene rings is 1. The second-order valence-corrected chi connectivity index (χ2v) is 6.99. The number of aromatic nitrogens is 1. The third-order valence-corrected chi connectivity index (χ3v) is 4.91. The van der Waals surface area contributed by atoms with E-state index in [2.05, 4.69) is 15.6 Å². The van der Waals surface area contributed by atoms with Crippen molar-refractivity contribution in [1.82, 2.24) is 10.3 Å². The normalized spacial score (nSPS) is 15.4. The van der Waals surface area contributed by atoms with Crippen LogP contribution in [-0.2, 0) is 0 Å². The maximum absolute atomic E-state index is 12.5. The van der Waals surface area contributed by atoms with Crippen LogP contribution in [0.25, 0.3) is 0 Å². The van der Waals surface area contributed by atoms with E-state index in [1.807, 2.05) is 0 Å². The number of carbonyl (C=O) groups is 2. The van der Waals surface area contributed by atoms with Gasteiger partial charge in [0.15, 0.2) is 0 Å². The SMILES string of the molecule is Nc1ccccc1NC(=O)c1ccc(C(=O)NC2CCCCCCC2)cn1. The Hall–Kier alpha value is -2.89. The van der Waals surface area contributed by atoms with Crippen molar-refractivity contribution in [2.75, 3.05) is 11.1 Å². The number of para-hydroxylation sites is 2. The van der Waals surface area contributed by atoms with Crippen LogP contribution in [0.1, 0.15) is 65.8 Å². The Morgan fingerprint density at radius 1 is 0.926 bits per heavy atom. The number of nitrogen functional groups attached to an aromatic ring is 1. The molecule has 1 fully saturated rings. The van der Waals surface area contributed by atoms with Crippen molar-refractivity contribution < 1.29 is 9.59 Å². The molecule has 2 amide bonds. The highest BCUT2D eigenvalue weighted by molar-refractivity contribution is 6.04. The first kappa shape index (κ1) is 18.9. The van der Waals surface area contributed by atoms with E-state index >= 15 is 0 Å². The predicted molar refractivity (Wildman–Crippen MR) is 107 cm³/mol. The molecule has 0 aliphatic heterocycles. The van der Waals surface area contributed by atoms with Gasteiger partial charge >= 0.3 is 0 Å². The summed E-state index contributed by atoms with van der Waals surface area (Å²) in [4.78, 5) is 28.9. The average molecular weight is 366 g/mol. The number of hydrogen-bond donors (Lipinski definition) is 3. The standard InChI is InChI=1S/C21H26N4O2/c22-17-10-6-7-11-18(17)25-21(27)19-13-12-15(14-23-19)20(26)24-16-8-4-2-1-3-5-9-16/h6-7,10-14,16H,1-5,8-9,22H2,(H,24,26)(H,25,27). The second kappa shape index (κ2) is 9.16. The van der Waals surface area contributed by atoms with Gasteiger partial charge in [0.05, 0.1) is 16.9 Å². The second-order valence-electron chi connectivity index (χ2n) is 6.99. The quantitative estimate of drug-likeness (QED) is 0.718. The smallest absolute Gasteiger partial charge is 0.274 e. The summed E-state index contributed by atoms with van der Waals surface area (Å²) in [5.74, 6) is -0.493. The predicted octanol–water partition coefficient (Wildman–Crippen LogP) is 3.76. The minimum Gasteiger partial charge on any atom is -0.397 e. The Labute approximate surface area is 159 Å². The molecule has 1 aliphatic rings. The third kappa shape index (κ3) is 5.29. The van der Waals surface area contributed by atoms with Gasteiger partial charge in [0.1, 0.15) is 5.69 Å². The zero-order valence-corrected chi connectivity index (χ0v) is 15.4. The summed E-state index contributed by atoms with van der Waals surface area (Å²) in [6.07, 6.45) is 9.59. The molecule has 1 aromatic carbocycles. The molecule has 3 rings (SSSR count). The average Bonchev–Trinajstić information content (AvgIpc) is 2.65. The van der Waals surface area contributed by atoms with Crippen LogP contribution in [0.2, 0.25) is 0 Å². The molecule has 1 aliphatic carbocycles. The molecule has 0 radical (unpaired) electrons. The van der Waals surface area contributed by atoms with Crippen LogP contribution in [-0.4, -0.2) is 22.8 Å². The van der Waals surface area contributed by atoms with Crippen molar-refractivity contribution in [3.63, 3.8) is 0 Å². The molecule has 27 heavy (non-hydrogen) atoms. The Bertz CT molecular complexity index is 781. The van der Waals surface area contributed by atoms with E-state index in [0.29, 0.717) is 16.9 Å². The first-order chi connectivity index (χ1) is 13.1. The Morgan fingerprint density at radius 3 is 2.30 bits per heavy atom. The van der Waals surface area contributed by atoms with Gasteiger partial charge in [-0.05, 0) is 37.1 Å². The molecule has 6 nitrogen and oxygen atoms in total. The number of hydrogen-bond acceptors (Lipinski definition) is 4. The van der Waals surface area contributed by atoms with E-state index in [4.69, 9.17) is 5.73 Å². The van der Waals surface area contributed by atoms with Gasteiger partial charge in [-0.2, -0.15) is 0 Å². The molecular weight excluding hydrogens is 340 g/mol. The van der Waals surface area contributed by atoms with Gasteiger partial charge in [-0.1, -0.05) is 44.2 Å². The summed E-state index contributed by atoms with van der Waals surface area (Å²) >= 11 is 0. The van der Waals surface area contributed by atoms with Crippen molar-refractivity contribution >= 4 is 23.2 Å². The molecule has 4 N–H and O–H groups in total. The first-order valence-electron chi connectivity index (χ1n) is 9.56. The van der Waals surface area contributed by atoms with Crippen molar-refractivity contribution in [2.45, 2.75) is 51.0 Å². The summed E-state index contributed by atoms with van der Waals surface area (Å²) in [6.45, 7) is 0. The molecule has 2 aromatic rings. The van der Waals surface area contributed by atoms with Crippen LogP contribution in [0.5, 0.6) is 0 Å². The molecule has 1 aromatic heterocycles. The molecule has 142 valence electrons. The van der Waals surface area contributed by atoms with Crippen LogP contribution in [0.15, 0.2) is 42.6 Å². The van der Waals surface area contributed by atoms with Gasteiger partial charge in [0.2, 0.25) is 0 Å². The lowest BCUT2D eigenvalue weighted by atomic mass is 9.96. The third-order valence-electron chi connectivity index (χ3n) is 4.91. The van der Waals surface area contributed by atoms with Crippen molar-refractivity contribution in [2.24, 2.45) is 0 Å². The number of amides is 2. The topological polar surface area (TPSA) is 97.1 Å². The first-order valence-corrected chi connectivity index (χ1v) is 9.56. The van der Waals surface area contributed by atoms with Crippen molar-refractivity contribution in [3.8, 4) is 0 Å². The van der Waals surface area contributed by atoms with Gasteiger partial charge in [-0.25, -0.2) is 0 Å². The van der Waals surface area contributed by atoms with Crippen molar-refractivity contribution in [3.05, 3.63) is 53.9 Å². The number of rotatable bonds is 4. The summed E-state index contributed by atoms with van der Waals surface area (Å²) in [5, 5.41) is 5.83. The van der Waals surface area contributed by atoms with E-state index in [9.17, 15) is 9.59 Å². The van der Waals surface area contributed by atoms with Crippen molar-refractivity contribution in [1.29, 1.82) is 0 Å². The molecule has 1 saturated carbocycles. The monoisotopic (exact) mass is 366 g/mol. The summed E-state index contributed by atoms with van der Waals surface area (Å²) in [5.41, 5.74) is 7.56. The van der Waals surface area contributed by atoms with Crippen LogP contribution < -0.4 is 16.4 Å². The molecule has 6 heteroatoms. The largest absolute Gasteiger partial charge is 0.397 e. The minimum atomic E-state index is -0.361. The van der Waals surface area contributed by atoms with Crippen LogP contribution >= 0.6 is 0 Å². The van der Waals surface area contributed by atoms with Crippen LogP contribution in [0.3, 0.4) is 0 Å². The lowest BCUT2D eigenvalue weighted by molar-refractivity contribution is 0.0928. The Kier molecular flexibility index (Phi) is 6.41. The van der Waals surface area contributed by atoms with Gasteiger partial charge < -0.3 is 16.4 Å². The number of nitrogens with one attached hydrogen (secondary N) is 2. The summed E-state index contributed by atoms with van der Waals surface area (Å²) in [7, 11) is 0. The number of pyridine rings is 1. The molecule has 1 heterocycles. The summed E-state index contributed by atoms with van der Waals surface area (Å²) < 4.78 is 0. The summed E-state index contributed by atoms with van der Waals surface area (Å²) in [6, 6.07) is 10.4. The lowest BCUT2D eigenvalue weighted by Gasteiger charge is -2.21. The maximum atomic E-state index is 12.5. The number of nitrogens with zero attached hydrogens (tertiary/aromatic N) is 1. The highest BCUT2D eigenvalue weighted by Gasteiger charge is 2.16. The van der Waals surface area contributed by atoms with Gasteiger partial charge in [0.25, 0.3) is 11.8 Å². The highest BCUT2D eigenvalue weighted by Crippen LogP contribution is 2.19. The fourth-order valence-corrected chi connectivity index (χ4v) is 3.33. The van der Waals surface area contributed by atoms with E-state index in [1.54, 1.807) is 36.4 Å². The van der Waals surface area contributed by atoms with E-state index in [-0.39, 0.29) is 23.6 Å². The molecule has 0 saturated heterocycles. The van der Waals surface area contributed by atoms with Gasteiger partial charge in [-0.15, -0.1) is 0 Å². The van der Waals surface area contributed by atoms with Crippen LogP contribution in [0.4, 0.5) is 11.4 Å². The van der Waals surface area contributed by atoms with E-state index < -0.39 is 0 Å². The minimum absolute atomic E-state index is 0.132. The zero-order valence-electron chi connectivity index (χ0n) is 15.4. The fraction of sp³-hybridized carbons (Fsp3) is 0.381. The van der Waals surface area contributed by atoms with Gasteiger partial charge in [-0.3, -0.25) is 14.6 Å². The Morgan fingerprint density at radius 2 is 1.63 bits per heavy atom.